The molecule has 0 aliphatic rings. The van der Waals surface area contributed by atoms with Crippen LogP contribution in [0.25, 0.3) is 11.0 Å². The number of nitrogens with zero attached hydrogens (tertiary/aromatic N) is 3. The molecule has 3 rings (SSSR count). The number of amides is 1. The molecular formula is C15H16N4O. The Morgan fingerprint density at radius 1 is 1.20 bits per heavy atom. The third kappa shape index (κ3) is 1.97. The topological polar surface area (TPSA) is 51.9 Å². The van der Waals surface area contributed by atoms with Crippen molar-refractivity contribution < 1.29 is 4.79 Å². The van der Waals surface area contributed by atoms with E-state index in [4.69, 9.17) is 0 Å². The van der Waals surface area contributed by atoms with Gasteiger partial charge in [-0.2, -0.15) is 0 Å². The smallest absolute Gasteiger partial charge is 0.257 e. The molecule has 1 N–H and O–H groups in total. The molecule has 0 aliphatic heterocycles. The van der Waals surface area contributed by atoms with Gasteiger partial charge in [0.2, 0.25) is 0 Å². The quantitative estimate of drug-likeness (QED) is 0.776. The van der Waals surface area contributed by atoms with Crippen molar-refractivity contribution >= 4 is 22.6 Å². The molecule has 3 aromatic heterocycles. The van der Waals surface area contributed by atoms with Gasteiger partial charge in [0.25, 0.3) is 5.91 Å². The summed E-state index contributed by atoms with van der Waals surface area (Å²) in [6.07, 6.45) is 5.51. The van der Waals surface area contributed by atoms with E-state index >= 15 is 0 Å². The summed E-state index contributed by atoms with van der Waals surface area (Å²) in [7, 11) is 3.87. The summed E-state index contributed by atoms with van der Waals surface area (Å²) in [6, 6.07) is 5.73. The van der Waals surface area contributed by atoms with Crippen molar-refractivity contribution in [3.8, 4) is 0 Å². The monoisotopic (exact) mass is 268 g/mol. The second-order valence-electron chi connectivity index (χ2n) is 4.94. The molecule has 5 nitrogen and oxygen atoms in total. The van der Waals surface area contributed by atoms with Crippen molar-refractivity contribution in [2.24, 2.45) is 14.1 Å². The van der Waals surface area contributed by atoms with Gasteiger partial charge < -0.3 is 14.5 Å². The number of fused-ring (bicyclic) bond motifs is 1. The van der Waals surface area contributed by atoms with Crippen LogP contribution in [-0.2, 0) is 14.1 Å². The minimum atomic E-state index is -0.111. The average Bonchev–Trinajstić information content (AvgIpc) is 2.95. The zero-order chi connectivity index (χ0) is 14.3. The van der Waals surface area contributed by atoms with E-state index in [0.717, 1.165) is 16.7 Å². The third-order valence-corrected chi connectivity index (χ3v) is 3.59. The van der Waals surface area contributed by atoms with Crippen LogP contribution in [-0.4, -0.2) is 20.0 Å². The minimum absolute atomic E-state index is 0.111. The van der Waals surface area contributed by atoms with Crippen molar-refractivity contribution in [3.63, 3.8) is 0 Å². The summed E-state index contributed by atoms with van der Waals surface area (Å²) in [5, 5.41) is 3.90. The summed E-state index contributed by atoms with van der Waals surface area (Å²) in [5.41, 5.74) is 3.23. The van der Waals surface area contributed by atoms with Gasteiger partial charge in [-0.1, -0.05) is 0 Å². The van der Waals surface area contributed by atoms with Gasteiger partial charge >= 0.3 is 0 Å². The van der Waals surface area contributed by atoms with Crippen molar-refractivity contribution in [1.82, 2.24) is 14.1 Å². The number of hydrogen-bond donors (Lipinski definition) is 1. The van der Waals surface area contributed by atoms with Crippen molar-refractivity contribution in [1.29, 1.82) is 0 Å². The van der Waals surface area contributed by atoms with Crippen LogP contribution in [0.3, 0.4) is 0 Å². The summed E-state index contributed by atoms with van der Waals surface area (Å²) in [5.74, 6) is -0.111. The molecule has 0 spiro atoms. The lowest BCUT2D eigenvalue weighted by atomic mass is 10.2. The molecule has 0 radical (unpaired) electrons. The molecule has 5 heteroatoms. The Morgan fingerprint density at radius 2 is 1.95 bits per heavy atom. The van der Waals surface area contributed by atoms with Gasteiger partial charge in [-0.3, -0.25) is 4.79 Å². The molecular weight excluding hydrogens is 252 g/mol. The number of aryl methyl sites for hydroxylation is 2. The Morgan fingerprint density at radius 3 is 2.65 bits per heavy atom. The molecule has 3 heterocycles. The largest absolute Gasteiger partial charge is 0.354 e. The van der Waals surface area contributed by atoms with Crippen LogP contribution in [0.5, 0.6) is 0 Å². The molecule has 20 heavy (non-hydrogen) atoms. The predicted octanol–water partition coefficient (Wildman–Crippen LogP) is 2.47. The standard InChI is InChI=1S/C15H16N4O/c1-10-13(5-7-18(10)2)15(20)17-12-8-11-4-6-19(3)14(11)16-9-12/h4-9H,1-3H3,(H,17,20). The van der Waals surface area contributed by atoms with Crippen LogP contribution < -0.4 is 5.32 Å². The molecule has 102 valence electrons. The molecule has 3 aromatic rings. The second-order valence-corrected chi connectivity index (χ2v) is 4.94. The normalized spacial score (nSPS) is 10.9. The fraction of sp³-hybridized carbons (Fsp3) is 0.200. The van der Waals surface area contributed by atoms with Crippen LogP contribution in [0.2, 0.25) is 0 Å². The molecule has 0 aromatic carbocycles. The highest BCUT2D eigenvalue weighted by atomic mass is 16.1. The highest BCUT2D eigenvalue weighted by Crippen LogP contribution is 2.18. The first-order valence-electron chi connectivity index (χ1n) is 6.40. The zero-order valence-corrected chi connectivity index (χ0v) is 11.7. The van der Waals surface area contributed by atoms with E-state index in [1.165, 1.54) is 0 Å². The van der Waals surface area contributed by atoms with Gasteiger partial charge in [0, 0.05) is 37.6 Å². The number of aromatic nitrogens is 3. The molecule has 0 aliphatic carbocycles. The number of pyridine rings is 1. The van der Waals surface area contributed by atoms with E-state index in [0.29, 0.717) is 11.3 Å². The van der Waals surface area contributed by atoms with Gasteiger partial charge in [0.15, 0.2) is 0 Å². The summed E-state index contributed by atoms with van der Waals surface area (Å²) < 4.78 is 3.87. The van der Waals surface area contributed by atoms with Crippen LogP contribution in [0.15, 0.2) is 36.8 Å². The molecule has 0 saturated heterocycles. The lowest BCUT2D eigenvalue weighted by Gasteiger charge is -2.06. The third-order valence-electron chi connectivity index (χ3n) is 3.59. The maximum atomic E-state index is 12.2. The Kier molecular flexibility index (Phi) is 2.82. The highest BCUT2D eigenvalue weighted by Gasteiger charge is 2.12. The van der Waals surface area contributed by atoms with E-state index in [1.807, 2.05) is 60.7 Å². The molecule has 0 saturated carbocycles. The van der Waals surface area contributed by atoms with E-state index in [2.05, 4.69) is 10.3 Å². The van der Waals surface area contributed by atoms with Gasteiger partial charge in [0.05, 0.1) is 17.4 Å². The first kappa shape index (κ1) is 12.5. The summed E-state index contributed by atoms with van der Waals surface area (Å²) in [4.78, 5) is 16.6. The summed E-state index contributed by atoms with van der Waals surface area (Å²) >= 11 is 0. The van der Waals surface area contributed by atoms with E-state index < -0.39 is 0 Å². The predicted molar refractivity (Wildman–Crippen MR) is 78.8 cm³/mol. The first-order chi connectivity index (χ1) is 9.56. The number of hydrogen-bond acceptors (Lipinski definition) is 2. The Balaban J connectivity index is 1.89. The van der Waals surface area contributed by atoms with E-state index in [9.17, 15) is 4.79 Å². The van der Waals surface area contributed by atoms with Crippen molar-refractivity contribution in [3.05, 3.63) is 48.0 Å². The highest BCUT2D eigenvalue weighted by molar-refractivity contribution is 6.05. The van der Waals surface area contributed by atoms with Crippen LogP contribution in [0, 0.1) is 6.92 Å². The average molecular weight is 268 g/mol. The van der Waals surface area contributed by atoms with E-state index in [-0.39, 0.29) is 5.91 Å². The van der Waals surface area contributed by atoms with Crippen LogP contribution in [0.4, 0.5) is 5.69 Å². The van der Waals surface area contributed by atoms with Gasteiger partial charge in [0.1, 0.15) is 5.65 Å². The maximum absolute atomic E-state index is 12.2. The fourth-order valence-electron chi connectivity index (χ4n) is 2.27. The van der Waals surface area contributed by atoms with Gasteiger partial charge in [-0.05, 0) is 25.1 Å². The number of rotatable bonds is 2. The molecule has 0 fully saturated rings. The molecule has 0 atom stereocenters. The lowest BCUT2D eigenvalue weighted by molar-refractivity contribution is 0.102. The van der Waals surface area contributed by atoms with Crippen LogP contribution >= 0.6 is 0 Å². The zero-order valence-electron chi connectivity index (χ0n) is 11.7. The Bertz CT molecular complexity index is 797. The Labute approximate surface area is 116 Å². The second kappa shape index (κ2) is 4.52. The van der Waals surface area contributed by atoms with Crippen LogP contribution in [0.1, 0.15) is 16.1 Å². The molecule has 0 unspecified atom stereocenters. The number of nitrogens with one attached hydrogen (secondary N) is 1. The summed E-state index contributed by atoms with van der Waals surface area (Å²) in [6.45, 7) is 1.92. The number of carbonyl (C=O) groups is 1. The van der Waals surface area contributed by atoms with Gasteiger partial charge in [-0.25, -0.2) is 4.98 Å². The van der Waals surface area contributed by atoms with E-state index in [1.54, 1.807) is 6.20 Å². The SMILES string of the molecule is Cc1c(C(=O)Nc2cnc3c(ccn3C)c2)ccn1C. The van der Waals surface area contributed by atoms with Crippen molar-refractivity contribution in [2.75, 3.05) is 5.32 Å². The molecule has 0 bridgehead atoms. The first-order valence-corrected chi connectivity index (χ1v) is 6.40. The van der Waals surface area contributed by atoms with Crippen molar-refractivity contribution in [2.45, 2.75) is 6.92 Å². The Hall–Kier alpha value is -2.56. The lowest BCUT2D eigenvalue weighted by Crippen LogP contribution is -2.13. The van der Waals surface area contributed by atoms with Gasteiger partial charge in [-0.15, -0.1) is 0 Å². The number of carbonyl (C=O) groups excluding carboxylic acids is 1. The molecule has 1 amide bonds. The number of anilines is 1. The minimum Gasteiger partial charge on any atom is -0.354 e. The maximum Gasteiger partial charge on any atom is 0.257 e. The fourth-order valence-corrected chi connectivity index (χ4v) is 2.27.